The summed E-state index contributed by atoms with van der Waals surface area (Å²) in [7, 11) is 0. The molecule has 4 heterocycles. The van der Waals surface area contributed by atoms with Gasteiger partial charge in [0.2, 0.25) is 0 Å². The van der Waals surface area contributed by atoms with Crippen LogP contribution in [0.2, 0.25) is 0 Å². The summed E-state index contributed by atoms with van der Waals surface area (Å²) < 4.78 is 31.6. The van der Waals surface area contributed by atoms with E-state index in [1.165, 1.54) is 5.57 Å². The summed E-state index contributed by atoms with van der Waals surface area (Å²) in [6.45, 7) is 9.95. The maximum absolute atomic E-state index is 12.2. The second-order valence-electron chi connectivity index (χ2n) is 10.3. The Morgan fingerprint density at radius 3 is 2.79 bits per heavy atom. The molecule has 28 heavy (non-hydrogen) atoms. The van der Waals surface area contributed by atoms with Gasteiger partial charge in [-0.2, -0.15) is 0 Å². The SMILES string of the molecule is CCO[C@@H]1[C@@]2(C(C)C)O[C@H]2[C@@H]2O[C@]23[C@]12O[C@H]2CC1C2=C(CC[C@@]13C)C(=O)OC2. The van der Waals surface area contributed by atoms with E-state index in [1.807, 2.05) is 0 Å². The van der Waals surface area contributed by atoms with Gasteiger partial charge in [0.1, 0.15) is 36.1 Å². The molecular weight excluding hydrogens is 360 g/mol. The number of ether oxygens (including phenoxy) is 5. The molecule has 7 aliphatic rings. The van der Waals surface area contributed by atoms with Crippen LogP contribution in [0.15, 0.2) is 11.1 Å². The van der Waals surface area contributed by atoms with Crippen LogP contribution in [0.5, 0.6) is 0 Å². The van der Waals surface area contributed by atoms with Crippen molar-refractivity contribution in [3.05, 3.63) is 11.1 Å². The van der Waals surface area contributed by atoms with E-state index in [0.717, 1.165) is 24.8 Å². The van der Waals surface area contributed by atoms with Gasteiger partial charge in [0, 0.05) is 17.6 Å². The first kappa shape index (κ1) is 16.8. The lowest BCUT2D eigenvalue weighted by molar-refractivity contribution is -0.136. The Balaban J connectivity index is 1.38. The molecule has 6 heteroatoms. The van der Waals surface area contributed by atoms with E-state index < -0.39 is 5.60 Å². The molecule has 0 aromatic heterocycles. The fourth-order valence-corrected chi connectivity index (χ4v) is 8.08. The summed E-state index contributed by atoms with van der Waals surface area (Å²) in [5.74, 6) is 0.514. The molecule has 2 spiro atoms. The van der Waals surface area contributed by atoms with Crippen LogP contribution in [0.4, 0.5) is 0 Å². The first-order valence-corrected chi connectivity index (χ1v) is 10.9. The number of epoxide rings is 3. The van der Waals surface area contributed by atoms with E-state index >= 15 is 0 Å². The topological polar surface area (TPSA) is 73.1 Å². The van der Waals surface area contributed by atoms with Crippen molar-refractivity contribution >= 4 is 5.97 Å². The lowest BCUT2D eigenvalue weighted by Crippen LogP contribution is -2.69. The highest BCUT2D eigenvalue weighted by Gasteiger charge is 3.00. The second kappa shape index (κ2) is 4.53. The Bertz CT molecular complexity index is 850. The van der Waals surface area contributed by atoms with E-state index in [4.69, 9.17) is 23.7 Å². The van der Waals surface area contributed by atoms with Crippen LogP contribution < -0.4 is 0 Å². The van der Waals surface area contributed by atoms with Gasteiger partial charge in [0.15, 0.2) is 5.60 Å². The Morgan fingerprint density at radius 2 is 2.04 bits per heavy atom. The van der Waals surface area contributed by atoms with Gasteiger partial charge >= 0.3 is 5.97 Å². The van der Waals surface area contributed by atoms with Gasteiger partial charge in [0.25, 0.3) is 0 Å². The number of esters is 1. The van der Waals surface area contributed by atoms with Gasteiger partial charge < -0.3 is 23.7 Å². The zero-order chi connectivity index (χ0) is 19.3. The zero-order valence-corrected chi connectivity index (χ0v) is 16.9. The van der Waals surface area contributed by atoms with Crippen molar-refractivity contribution < 1.29 is 28.5 Å². The molecule has 2 saturated carbocycles. The van der Waals surface area contributed by atoms with Crippen molar-refractivity contribution in [2.75, 3.05) is 13.2 Å². The molecule has 5 fully saturated rings. The van der Waals surface area contributed by atoms with Crippen LogP contribution >= 0.6 is 0 Å². The van der Waals surface area contributed by atoms with Crippen molar-refractivity contribution in [3.63, 3.8) is 0 Å². The quantitative estimate of drug-likeness (QED) is 0.545. The number of cyclic esters (lactones) is 1. The van der Waals surface area contributed by atoms with Crippen LogP contribution in [0.1, 0.15) is 47.0 Å². The largest absolute Gasteiger partial charge is 0.458 e. The fourth-order valence-electron chi connectivity index (χ4n) is 8.08. The third-order valence-corrected chi connectivity index (χ3v) is 9.40. The van der Waals surface area contributed by atoms with Gasteiger partial charge in [-0.15, -0.1) is 0 Å². The lowest BCUT2D eigenvalue weighted by Gasteiger charge is -2.54. The van der Waals surface area contributed by atoms with Gasteiger partial charge in [-0.3, -0.25) is 0 Å². The number of carbonyl (C=O) groups excluding carboxylic acids is 1. The summed E-state index contributed by atoms with van der Waals surface area (Å²) in [6, 6.07) is 0. The summed E-state index contributed by atoms with van der Waals surface area (Å²) >= 11 is 0. The lowest BCUT2D eigenvalue weighted by atomic mass is 9.46. The zero-order valence-electron chi connectivity index (χ0n) is 16.9. The Morgan fingerprint density at radius 1 is 1.21 bits per heavy atom. The molecule has 0 amide bonds. The van der Waals surface area contributed by atoms with E-state index in [9.17, 15) is 4.79 Å². The molecule has 4 aliphatic heterocycles. The standard InChI is InChI=1S/C22H28O6/c1-5-24-18-20(10(2)3)15(27-20)16-22(28-16)19(4)7-6-11-12(9-25-17(11)23)13(19)8-14-21(18,22)26-14/h10,13-16,18H,5-9H2,1-4H3/t13?,14-,15-,16-,18+,19-,20-,21+,22+/m0/s1. The summed E-state index contributed by atoms with van der Waals surface area (Å²) in [5, 5.41) is 0. The van der Waals surface area contributed by atoms with Gasteiger partial charge in [-0.25, -0.2) is 4.79 Å². The Kier molecular flexibility index (Phi) is 2.72. The maximum atomic E-state index is 12.2. The molecule has 9 atom stereocenters. The van der Waals surface area contributed by atoms with Gasteiger partial charge in [-0.05, 0) is 43.6 Å². The number of fused-ring (bicyclic) bond motifs is 4. The van der Waals surface area contributed by atoms with Crippen LogP contribution in [-0.2, 0) is 28.5 Å². The molecule has 0 bridgehead atoms. The van der Waals surface area contributed by atoms with Crippen LogP contribution in [0.3, 0.4) is 0 Å². The van der Waals surface area contributed by atoms with Crippen molar-refractivity contribution in [1.82, 2.24) is 0 Å². The molecule has 3 aliphatic carbocycles. The number of carbonyl (C=O) groups is 1. The smallest absolute Gasteiger partial charge is 0.334 e. The van der Waals surface area contributed by atoms with E-state index in [0.29, 0.717) is 19.1 Å². The van der Waals surface area contributed by atoms with E-state index in [1.54, 1.807) is 0 Å². The first-order valence-electron chi connectivity index (χ1n) is 10.9. The van der Waals surface area contributed by atoms with Gasteiger partial charge in [-0.1, -0.05) is 20.8 Å². The minimum atomic E-state index is -0.405. The number of hydrogen-bond acceptors (Lipinski definition) is 6. The average molecular weight is 388 g/mol. The van der Waals surface area contributed by atoms with Crippen molar-refractivity contribution in [1.29, 1.82) is 0 Å². The Hall–Kier alpha value is -0.950. The maximum Gasteiger partial charge on any atom is 0.334 e. The summed E-state index contributed by atoms with van der Waals surface area (Å²) in [6.07, 6.45) is 2.81. The molecule has 3 saturated heterocycles. The molecule has 7 rings (SSSR count). The molecule has 0 aromatic rings. The van der Waals surface area contributed by atoms with Crippen molar-refractivity contribution in [2.24, 2.45) is 17.3 Å². The average Bonchev–Trinajstić information content (AvgIpc) is 3.54. The Labute approximate surface area is 164 Å². The highest BCUT2D eigenvalue weighted by Crippen LogP contribution is 2.83. The minimum Gasteiger partial charge on any atom is -0.458 e. The summed E-state index contributed by atoms with van der Waals surface area (Å²) in [4.78, 5) is 12.2. The van der Waals surface area contributed by atoms with E-state index in [-0.39, 0.29) is 52.9 Å². The highest BCUT2D eigenvalue weighted by atomic mass is 16.8. The highest BCUT2D eigenvalue weighted by molar-refractivity contribution is 5.92. The van der Waals surface area contributed by atoms with Crippen LogP contribution in [0.25, 0.3) is 0 Å². The molecule has 0 radical (unpaired) electrons. The molecule has 1 unspecified atom stereocenters. The number of hydrogen-bond donors (Lipinski definition) is 0. The second-order valence-corrected chi connectivity index (χ2v) is 10.3. The van der Waals surface area contributed by atoms with Crippen molar-refractivity contribution in [2.45, 2.75) is 88.2 Å². The minimum absolute atomic E-state index is 0.0737. The van der Waals surface area contributed by atoms with Gasteiger partial charge in [0.05, 0.1) is 6.10 Å². The van der Waals surface area contributed by atoms with E-state index in [2.05, 4.69) is 27.7 Å². The molecule has 0 aromatic carbocycles. The molecule has 0 N–H and O–H groups in total. The third-order valence-electron chi connectivity index (χ3n) is 9.40. The summed E-state index contributed by atoms with van der Waals surface area (Å²) in [5.41, 5.74) is 0.985. The molecule has 6 nitrogen and oxygen atoms in total. The predicted octanol–water partition coefficient (Wildman–Crippen LogP) is 2.15. The number of rotatable bonds is 3. The van der Waals surface area contributed by atoms with Crippen molar-refractivity contribution in [3.8, 4) is 0 Å². The fraction of sp³-hybridized carbons (Fsp3) is 0.864. The molecular formula is C22H28O6. The monoisotopic (exact) mass is 388 g/mol. The normalized spacial score (nSPS) is 59.5. The van der Waals surface area contributed by atoms with Crippen LogP contribution in [-0.4, -0.2) is 60.4 Å². The van der Waals surface area contributed by atoms with Crippen LogP contribution in [0, 0.1) is 17.3 Å². The third kappa shape index (κ3) is 1.39. The predicted molar refractivity (Wildman–Crippen MR) is 96.5 cm³/mol. The first-order chi connectivity index (χ1) is 13.4. The molecule has 152 valence electrons.